The number of aryl methyl sites for hydroxylation is 1. The van der Waals surface area contributed by atoms with Crippen LogP contribution in [0.5, 0.6) is 0 Å². The number of nitrogens with one attached hydrogen (secondary N) is 1. The van der Waals surface area contributed by atoms with Crippen LogP contribution in [0.3, 0.4) is 0 Å². The first-order valence-electron chi connectivity index (χ1n) is 9.71. The molecule has 0 aliphatic rings. The highest BCUT2D eigenvalue weighted by Gasteiger charge is 2.15. The van der Waals surface area contributed by atoms with Gasteiger partial charge in [-0.25, -0.2) is 0 Å². The number of anilines is 3. The Balaban J connectivity index is 1.54. The van der Waals surface area contributed by atoms with Gasteiger partial charge in [0, 0.05) is 35.9 Å². The van der Waals surface area contributed by atoms with Crippen LogP contribution in [0, 0.1) is 0 Å². The summed E-state index contributed by atoms with van der Waals surface area (Å²) in [4.78, 5) is 0. The van der Waals surface area contributed by atoms with Crippen LogP contribution in [0.15, 0.2) is 96.1 Å². The zero-order valence-electron chi connectivity index (χ0n) is 17.0. The SMILES string of the molecule is C/C(=N\N(C)c1ccc(Nc2ccccc2)cc1)c1ccc2ccccc2[n+]1C. The second kappa shape index (κ2) is 8.15. The van der Waals surface area contributed by atoms with Gasteiger partial charge in [-0.3, -0.25) is 5.01 Å². The maximum Gasteiger partial charge on any atom is 0.228 e. The molecule has 0 amide bonds. The summed E-state index contributed by atoms with van der Waals surface area (Å²) in [7, 11) is 4.06. The van der Waals surface area contributed by atoms with Crippen molar-refractivity contribution in [1.29, 1.82) is 0 Å². The highest BCUT2D eigenvalue weighted by Crippen LogP contribution is 2.21. The van der Waals surface area contributed by atoms with E-state index in [2.05, 4.69) is 89.7 Å². The molecule has 0 radical (unpaired) electrons. The van der Waals surface area contributed by atoms with Crippen LogP contribution in [0.2, 0.25) is 0 Å². The number of para-hydroxylation sites is 2. The van der Waals surface area contributed by atoms with Crippen molar-refractivity contribution in [2.75, 3.05) is 17.4 Å². The molecule has 1 aromatic heterocycles. The number of rotatable bonds is 5. The van der Waals surface area contributed by atoms with Crippen LogP contribution in [0.25, 0.3) is 10.9 Å². The predicted octanol–water partition coefficient (Wildman–Crippen LogP) is 5.27. The van der Waals surface area contributed by atoms with Crippen molar-refractivity contribution in [3.63, 3.8) is 0 Å². The minimum atomic E-state index is 0.965. The van der Waals surface area contributed by atoms with Crippen molar-refractivity contribution in [3.8, 4) is 0 Å². The molecule has 0 atom stereocenters. The topological polar surface area (TPSA) is 31.5 Å². The fourth-order valence-electron chi connectivity index (χ4n) is 3.49. The van der Waals surface area contributed by atoms with Crippen LogP contribution in [-0.4, -0.2) is 12.8 Å². The molecule has 4 rings (SSSR count). The molecular weight excluding hydrogens is 356 g/mol. The Labute approximate surface area is 171 Å². The Hall–Kier alpha value is -3.66. The molecular formula is C25H25N4+. The number of benzene rings is 3. The molecule has 0 spiro atoms. The molecule has 29 heavy (non-hydrogen) atoms. The van der Waals surface area contributed by atoms with Gasteiger partial charge < -0.3 is 5.32 Å². The lowest BCUT2D eigenvalue weighted by atomic mass is 10.1. The maximum absolute atomic E-state index is 4.81. The number of fused-ring (bicyclic) bond motifs is 1. The van der Waals surface area contributed by atoms with Crippen LogP contribution >= 0.6 is 0 Å². The minimum Gasteiger partial charge on any atom is -0.356 e. The number of pyridine rings is 1. The van der Waals surface area contributed by atoms with E-state index in [0.29, 0.717) is 0 Å². The summed E-state index contributed by atoms with van der Waals surface area (Å²) >= 11 is 0. The van der Waals surface area contributed by atoms with E-state index >= 15 is 0 Å². The molecule has 0 saturated heterocycles. The Morgan fingerprint density at radius 2 is 1.45 bits per heavy atom. The first-order valence-corrected chi connectivity index (χ1v) is 9.71. The van der Waals surface area contributed by atoms with E-state index in [4.69, 9.17) is 5.10 Å². The van der Waals surface area contributed by atoms with E-state index < -0.39 is 0 Å². The Morgan fingerprint density at radius 1 is 0.793 bits per heavy atom. The van der Waals surface area contributed by atoms with Crippen molar-refractivity contribution in [1.82, 2.24) is 0 Å². The normalized spacial score (nSPS) is 11.5. The Morgan fingerprint density at radius 3 is 2.21 bits per heavy atom. The monoisotopic (exact) mass is 381 g/mol. The Bertz CT molecular complexity index is 1150. The molecule has 0 saturated carbocycles. The number of hydrogen-bond donors (Lipinski definition) is 1. The quantitative estimate of drug-likeness (QED) is 0.290. The second-order valence-corrected chi connectivity index (χ2v) is 7.08. The van der Waals surface area contributed by atoms with Gasteiger partial charge in [0.1, 0.15) is 12.8 Å². The molecule has 0 bridgehead atoms. The fraction of sp³-hybridized carbons (Fsp3) is 0.120. The van der Waals surface area contributed by atoms with E-state index in [1.165, 1.54) is 10.9 Å². The first-order chi connectivity index (χ1) is 14.1. The van der Waals surface area contributed by atoms with Gasteiger partial charge in [-0.1, -0.05) is 30.3 Å². The molecule has 0 aliphatic carbocycles. The number of hydrazone groups is 1. The smallest absolute Gasteiger partial charge is 0.228 e. The van der Waals surface area contributed by atoms with E-state index in [0.717, 1.165) is 28.5 Å². The summed E-state index contributed by atoms with van der Waals surface area (Å²) in [5, 5.41) is 11.3. The van der Waals surface area contributed by atoms with Gasteiger partial charge in [-0.15, -0.1) is 0 Å². The third-order valence-electron chi connectivity index (χ3n) is 5.05. The van der Waals surface area contributed by atoms with Crippen LogP contribution in [0.1, 0.15) is 12.6 Å². The van der Waals surface area contributed by atoms with Crippen LogP contribution in [-0.2, 0) is 7.05 Å². The van der Waals surface area contributed by atoms with E-state index in [1.54, 1.807) is 0 Å². The number of hydrogen-bond acceptors (Lipinski definition) is 3. The average Bonchev–Trinajstić information content (AvgIpc) is 2.75. The van der Waals surface area contributed by atoms with Gasteiger partial charge in [0.05, 0.1) is 5.69 Å². The van der Waals surface area contributed by atoms with Crippen molar-refractivity contribution in [3.05, 3.63) is 96.7 Å². The Kier molecular flexibility index (Phi) is 5.25. The zero-order valence-corrected chi connectivity index (χ0v) is 17.0. The van der Waals surface area contributed by atoms with Crippen molar-refractivity contribution in [2.24, 2.45) is 12.1 Å². The molecule has 4 heteroatoms. The van der Waals surface area contributed by atoms with Gasteiger partial charge in [0.2, 0.25) is 11.2 Å². The first kappa shape index (κ1) is 18.7. The summed E-state index contributed by atoms with van der Waals surface area (Å²) in [6, 6.07) is 31.1. The van der Waals surface area contributed by atoms with E-state index in [9.17, 15) is 0 Å². The molecule has 0 unspecified atom stereocenters. The molecule has 144 valence electrons. The molecule has 1 N–H and O–H groups in total. The lowest BCUT2D eigenvalue weighted by Crippen LogP contribution is -2.37. The van der Waals surface area contributed by atoms with Gasteiger partial charge in [0.25, 0.3) is 0 Å². The summed E-state index contributed by atoms with van der Waals surface area (Å²) in [6.07, 6.45) is 0. The van der Waals surface area contributed by atoms with Gasteiger partial charge in [0.15, 0.2) is 0 Å². The summed E-state index contributed by atoms with van der Waals surface area (Å²) in [5.74, 6) is 0. The highest BCUT2D eigenvalue weighted by atomic mass is 15.4. The number of nitrogens with zero attached hydrogens (tertiary/aromatic N) is 3. The molecule has 4 nitrogen and oxygen atoms in total. The maximum atomic E-state index is 4.81. The number of aromatic nitrogens is 1. The molecule has 0 fully saturated rings. The van der Waals surface area contributed by atoms with Crippen molar-refractivity contribution >= 4 is 33.7 Å². The van der Waals surface area contributed by atoms with Crippen molar-refractivity contribution < 1.29 is 4.57 Å². The minimum absolute atomic E-state index is 0.965. The zero-order chi connectivity index (χ0) is 20.2. The third-order valence-corrected chi connectivity index (χ3v) is 5.05. The van der Waals surface area contributed by atoms with Gasteiger partial charge in [-0.05, 0) is 55.5 Å². The second-order valence-electron chi connectivity index (χ2n) is 7.08. The summed E-state index contributed by atoms with van der Waals surface area (Å²) in [6.45, 7) is 2.05. The largest absolute Gasteiger partial charge is 0.356 e. The molecule has 1 heterocycles. The van der Waals surface area contributed by atoms with Gasteiger partial charge >= 0.3 is 0 Å². The average molecular weight is 382 g/mol. The van der Waals surface area contributed by atoms with Crippen LogP contribution < -0.4 is 14.9 Å². The lowest BCUT2D eigenvalue weighted by molar-refractivity contribution is -0.646. The molecule has 3 aromatic carbocycles. The lowest BCUT2D eigenvalue weighted by Gasteiger charge is -2.15. The molecule has 0 aliphatic heterocycles. The predicted molar refractivity (Wildman–Crippen MR) is 122 cm³/mol. The summed E-state index contributed by atoms with van der Waals surface area (Å²) < 4.78 is 2.19. The van der Waals surface area contributed by atoms with E-state index in [1.807, 2.05) is 37.2 Å². The molecule has 4 aromatic rings. The third kappa shape index (κ3) is 4.11. The van der Waals surface area contributed by atoms with E-state index in [-0.39, 0.29) is 0 Å². The fourth-order valence-corrected chi connectivity index (χ4v) is 3.49. The van der Waals surface area contributed by atoms with Gasteiger partial charge in [-0.2, -0.15) is 9.67 Å². The van der Waals surface area contributed by atoms with Crippen LogP contribution in [0.4, 0.5) is 17.1 Å². The van der Waals surface area contributed by atoms with Crippen molar-refractivity contribution in [2.45, 2.75) is 6.92 Å². The highest BCUT2D eigenvalue weighted by molar-refractivity contribution is 5.97. The summed E-state index contributed by atoms with van der Waals surface area (Å²) in [5.41, 5.74) is 6.41. The standard InChI is InChI=1S/C25H25N4/c1-19(24-18-13-20-9-7-8-12-25(20)28(24)2)27-29(3)23-16-14-22(15-17-23)26-21-10-5-4-6-11-21/h4-18,26H,1-3H3/q+1.